The van der Waals surface area contributed by atoms with Crippen LogP contribution in [0.2, 0.25) is 0 Å². The molecule has 3 N–H and O–H groups in total. The van der Waals surface area contributed by atoms with E-state index in [4.69, 9.17) is 4.55 Å². The van der Waals surface area contributed by atoms with Crippen LogP contribution < -0.4 is 0 Å². The first-order valence-corrected chi connectivity index (χ1v) is 7.42. The first-order valence-electron chi connectivity index (χ1n) is 5.98. The summed E-state index contributed by atoms with van der Waals surface area (Å²) in [5.41, 5.74) is -1.12. The number of hydrogen-bond acceptors (Lipinski definition) is 6. The molecule has 0 aromatic heterocycles. The maximum atomic E-state index is 12.4. The molecule has 0 atom stereocenters. The minimum atomic E-state index is -4.88. The first kappa shape index (κ1) is 17.6. The normalized spacial score (nSPS) is 13.1. The van der Waals surface area contributed by atoms with Crippen LogP contribution in [0, 0.1) is 0 Å². The van der Waals surface area contributed by atoms with Crippen LogP contribution in [0.3, 0.4) is 0 Å². The van der Waals surface area contributed by atoms with Crippen molar-refractivity contribution in [3.63, 3.8) is 0 Å². The summed E-state index contributed by atoms with van der Waals surface area (Å²) in [6.45, 7) is 0. The molecule has 3 rings (SSSR count). The van der Waals surface area contributed by atoms with Crippen molar-refractivity contribution in [1.82, 2.24) is 0 Å². The second-order valence-electron chi connectivity index (χ2n) is 4.67. The maximum absolute atomic E-state index is 12.4. The second kappa shape index (κ2) is 5.73. The molecule has 23 heavy (non-hydrogen) atoms. The fourth-order valence-electron chi connectivity index (χ4n) is 2.43. The molecular weight excluding hydrogens is 335 g/mol. The average molecular weight is 344 g/mol. The number of hydrogen-bond donors (Lipinski definition) is 3. The van der Waals surface area contributed by atoms with Gasteiger partial charge in [-0.2, -0.15) is 8.42 Å². The van der Waals surface area contributed by atoms with Crippen molar-refractivity contribution in [1.29, 1.82) is 0 Å². The summed E-state index contributed by atoms with van der Waals surface area (Å²) in [5, 5.41) is 19.9. The van der Waals surface area contributed by atoms with Gasteiger partial charge < -0.3 is 10.2 Å². The molecule has 114 valence electrons. The second-order valence-corrected chi connectivity index (χ2v) is 6.06. The summed E-state index contributed by atoms with van der Waals surface area (Å²) in [6.07, 6.45) is 0. The Bertz CT molecular complexity index is 963. The zero-order chi connectivity index (χ0) is 16.2. The molecule has 1 aliphatic rings. The minimum absolute atomic E-state index is 0. The van der Waals surface area contributed by atoms with Crippen LogP contribution >= 0.6 is 0 Å². The number of rotatable bonds is 1. The monoisotopic (exact) mass is 344 g/mol. The first-order chi connectivity index (χ1) is 10.2. The Morgan fingerprint density at radius 3 is 1.83 bits per heavy atom. The molecule has 2 aromatic carbocycles. The van der Waals surface area contributed by atoms with E-state index in [2.05, 4.69) is 0 Å². The van der Waals surface area contributed by atoms with Crippen LogP contribution in [0.25, 0.3) is 0 Å². The summed E-state index contributed by atoms with van der Waals surface area (Å²) in [7, 11) is -4.88. The standard InChI is InChI=1S/C14H8O7S.Na.H/c15-8-5-9(22(19,20)21)14(18)11-10(8)12(16)6-3-1-2-4-7(6)13(11)17;;/h1-5,15,18H,(H,19,20,21);;. The number of aromatic hydroxyl groups is 2. The molecule has 0 amide bonds. The molecule has 0 fully saturated rings. The quantitative estimate of drug-likeness (QED) is 0.332. The molecule has 0 spiro atoms. The van der Waals surface area contributed by atoms with E-state index in [9.17, 15) is 28.2 Å². The number of carbonyl (C=O) groups is 2. The van der Waals surface area contributed by atoms with E-state index in [1.807, 2.05) is 0 Å². The molecule has 0 radical (unpaired) electrons. The van der Waals surface area contributed by atoms with E-state index in [0.29, 0.717) is 6.07 Å². The molecular formula is C14H9NaO7S. The van der Waals surface area contributed by atoms with E-state index in [-0.39, 0.29) is 40.7 Å². The van der Waals surface area contributed by atoms with Crippen LogP contribution in [0.5, 0.6) is 11.5 Å². The number of ketones is 2. The molecule has 2 aromatic rings. The Hall–Kier alpha value is -1.71. The van der Waals surface area contributed by atoms with Gasteiger partial charge in [-0.05, 0) is 0 Å². The van der Waals surface area contributed by atoms with Gasteiger partial charge in [0.2, 0.25) is 0 Å². The molecule has 0 saturated carbocycles. The summed E-state index contributed by atoms with van der Waals surface area (Å²) < 4.78 is 31.5. The number of phenolic OH excluding ortho intramolecular Hbond substituents is 2. The summed E-state index contributed by atoms with van der Waals surface area (Å²) in [5.74, 6) is -3.42. The Morgan fingerprint density at radius 2 is 1.35 bits per heavy atom. The van der Waals surface area contributed by atoms with Crippen LogP contribution in [0.1, 0.15) is 31.8 Å². The third kappa shape index (κ3) is 2.58. The van der Waals surface area contributed by atoms with E-state index in [1.165, 1.54) is 24.3 Å². The molecule has 7 nitrogen and oxygen atoms in total. The van der Waals surface area contributed by atoms with Crippen molar-refractivity contribution in [2.75, 3.05) is 0 Å². The van der Waals surface area contributed by atoms with Gasteiger partial charge in [0, 0.05) is 17.2 Å². The average Bonchev–Trinajstić information content (AvgIpc) is 2.45. The number of carbonyl (C=O) groups excluding carboxylic acids is 2. The molecule has 0 unspecified atom stereocenters. The Morgan fingerprint density at radius 1 is 0.870 bits per heavy atom. The predicted octanol–water partition coefficient (Wildman–Crippen LogP) is 0.471. The van der Waals surface area contributed by atoms with Crippen molar-refractivity contribution in [2.45, 2.75) is 4.90 Å². The fraction of sp³-hybridized carbons (Fsp3) is 0. The van der Waals surface area contributed by atoms with Gasteiger partial charge >= 0.3 is 29.6 Å². The SMILES string of the molecule is O=C1c2ccccc2C(=O)c2c(O)c(S(=O)(=O)O)cc(O)c21.[NaH]. The van der Waals surface area contributed by atoms with Crippen LogP contribution in [0.4, 0.5) is 0 Å². The summed E-state index contributed by atoms with van der Waals surface area (Å²) >= 11 is 0. The Labute approximate surface area is 152 Å². The van der Waals surface area contributed by atoms with Gasteiger partial charge in [0.15, 0.2) is 11.6 Å². The summed E-state index contributed by atoms with van der Waals surface area (Å²) in [6, 6.07) is 6.28. The molecule has 0 bridgehead atoms. The zero-order valence-corrected chi connectivity index (χ0v) is 11.6. The van der Waals surface area contributed by atoms with Crippen molar-refractivity contribution in [3.05, 3.63) is 52.6 Å². The molecule has 0 aliphatic heterocycles. The van der Waals surface area contributed by atoms with Crippen molar-refractivity contribution < 1.29 is 32.8 Å². The van der Waals surface area contributed by atoms with E-state index >= 15 is 0 Å². The van der Waals surface area contributed by atoms with E-state index in [0.717, 1.165) is 0 Å². The zero-order valence-electron chi connectivity index (χ0n) is 10.8. The Kier molecular flexibility index (Phi) is 4.40. The van der Waals surface area contributed by atoms with E-state index < -0.39 is 49.2 Å². The molecule has 0 saturated heterocycles. The topological polar surface area (TPSA) is 129 Å². The molecule has 9 heteroatoms. The van der Waals surface area contributed by atoms with Gasteiger partial charge in [0.25, 0.3) is 10.1 Å². The Balaban J connectivity index is 0.00000192. The predicted molar refractivity (Wildman–Crippen MR) is 80.0 cm³/mol. The van der Waals surface area contributed by atoms with E-state index in [1.54, 1.807) is 0 Å². The van der Waals surface area contributed by atoms with Gasteiger partial charge in [-0.1, -0.05) is 24.3 Å². The number of fused-ring (bicyclic) bond motifs is 2. The van der Waals surface area contributed by atoms with Crippen molar-refractivity contribution in [2.24, 2.45) is 0 Å². The van der Waals surface area contributed by atoms with Crippen molar-refractivity contribution in [3.8, 4) is 11.5 Å². The fourth-order valence-corrected chi connectivity index (χ4v) is 3.04. The van der Waals surface area contributed by atoms with Gasteiger partial charge in [0.1, 0.15) is 16.4 Å². The van der Waals surface area contributed by atoms with Crippen LogP contribution in [0.15, 0.2) is 35.2 Å². The summed E-state index contributed by atoms with van der Waals surface area (Å²) in [4.78, 5) is 23.7. The molecule has 1 aliphatic carbocycles. The molecule has 0 heterocycles. The number of benzene rings is 2. The van der Waals surface area contributed by atoms with Gasteiger partial charge in [0.05, 0.1) is 11.1 Å². The third-order valence-corrected chi connectivity index (χ3v) is 4.26. The van der Waals surface area contributed by atoms with Crippen LogP contribution in [-0.4, -0.2) is 64.3 Å². The van der Waals surface area contributed by atoms with Gasteiger partial charge in [-0.25, -0.2) is 0 Å². The van der Waals surface area contributed by atoms with Gasteiger partial charge in [-0.15, -0.1) is 0 Å². The van der Waals surface area contributed by atoms with Crippen molar-refractivity contribution >= 4 is 51.2 Å². The van der Waals surface area contributed by atoms with Gasteiger partial charge in [-0.3, -0.25) is 14.1 Å². The number of phenols is 2. The van der Waals surface area contributed by atoms with Crippen LogP contribution in [-0.2, 0) is 10.1 Å². The third-order valence-electron chi connectivity index (χ3n) is 3.39.